The fourth-order valence-corrected chi connectivity index (χ4v) is 3.82. The Balaban J connectivity index is 1.58. The maximum Gasteiger partial charge on any atom is 0.416 e. The van der Waals surface area contributed by atoms with Crippen LogP contribution in [0.5, 0.6) is 0 Å². The number of likely N-dealkylation sites (tertiary alicyclic amines) is 1. The van der Waals surface area contributed by atoms with Crippen LogP contribution in [0.1, 0.15) is 46.3 Å². The van der Waals surface area contributed by atoms with Gasteiger partial charge in [0.25, 0.3) is 5.91 Å². The molecule has 0 bridgehead atoms. The molecule has 5 nitrogen and oxygen atoms in total. The second-order valence-electron chi connectivity index (χ2n) is 7.29. The number of amides is 1. The highest BCUT2D eigenvalue weighted by Gasteiger charge is 2.31. The number of imidazole rings is 1. The van der Waals surface area contributed by atoms with E-state index >= 15 is 0 Å². The maximum atomic E-state index is 12.9. The van der Waals surface area contributed by atoms with E-state index in [1.54, 1.807) is 6.07 Å². The van der Waals surface area contributed by atoms with Gasteiger partial charge in [-0.25, -0.2) is 4.98 Å². The smallest absolute Gasteiger partial charge is 0.347 e. The summed E-state index contributed by atoms with van der Waals surface area (Å²) in [6, 6.07) is 10.6. The molecule has 0 saturated carbocycles. The monoisotopic (exact) mass is 402 g/mol. The highest BCUT2D eigenvalue weighted by atomic mass is 19.4. The Morgan fingerprint density at radius 3 is 2.79 bits per heavy atom. The van der Waals surface area contributed by atoms with Crippen molar-refractivity contribution in [2.45, 2.75) is 31.6 Å². The van der Waals surface area contributed by atoms with E-state index in [1.165, 1.54) is 6.07 Å². The van der Waals surface area contributed by atoms with E-state index in [0.717, 1.165) is 37.3 Å². The first kappa shape index (κ1) is 19.4. The minimum Gasteiger partial charge on any atom is -0.347 e. The number of benzene rings is 1. The van der Waals surface area contributed by atoms with Crippen molar-refractivity contribution >= 4 is 11.4 Å². The molecule has 1 saturated heterocycles. The Labute approximate surface area is 166 Å². The summed E-state index contributed by atoms with van der Waals surface area (Å²) in [5.41, 5.74) is 0.618. The number of pyridine rings is 1. The van der Waals surface area contributed by atoms with Crippen LogP contribution in [-0.2, 0) is 12.7 Å². The van der Waals surface area contributed by atoms with Gasteiger partial charge in [0, 0.05) is 12.7 Å². The summed E-state index contributed by atoms with van der Waals surface area (Å²) in [6.45, 7) is 0.969. The first-order chi connectivity index (χ1) is 13.8. The molecule has 0 aliphatic carbocycles. The molecule has 3 aromatic rings. The molecule has 1 aliphatic rings. The highest BCUT2D eigenvalue weighted by molar-refractivity contribution is 5.99. The van der Waals surface area contributed by atoms with Gasteiger partial charge < -0.3 is 9.72 Å². The predicted molar refractivity (Wildman–Crippen MR) is 102 cm³/mol. The van der Waals surface area contributed by atoms with Gasteiger partial charge in [-0.2, -0.15) is 13.2 Å². The summed E-state index contributed by atoms with van der Waals surface area (Å²) in [6.07, 6.45) is -0.495. The van der Waals surface area contributed by atoms with E-state index in [-0.39, 0.29) is 18.3 Å². The number of aromatic nitrogens is 2. The van der Waals surface area contributed by atoms with E-state index < -0.39 is 17.6 Å². The number of rotatable bonds is 4. The Bertz CT molecular complexity index is 1040. The molecule has 4 rings (SSSR count). The molecule has 1 aromatic carbocycles. The van der Waals surface area contributed by atoms with Crippen LogP contribution in [0.4, 0.5) is 13.2 Å². The lowest BCUT2D eigenvalue weighted by molar-refractivity contribution is -0.137. The molecule has 1 fully saturated rings. The first-order valence-corrected chi connectivity index (χ1v) is 9.46. The van der Waals surface area contributed by atoms with E-state index in [4.69, 9.17) is 0 Å². The van der Waals surface area contributed by atoms with Crippen molar-refractivity contribution in [1.29, 1.82) is 0 Å². The zero-order valence-corrected chi connectivity index (χ0v) is 15.9. The van der Waals surface area contributed by atoms with E-state index in [0.29, 0.717) is 11.1 Å². The molecule has 0 radical (unpaired) electrons. The Morgan fingerprint density at radius 2 is 2.07 bits per heavy atom. The van der Waals surface area contributed by atoms with Gasteiger partial charge in [-0.05, 0) is 56.3 Å². The lowest BCUT2D eigenvalue weighted by Gasteiger charge is -2.17. The standard InChI is InChI=1S/C21H21F3N4O/c1-27-10-5-9-17(27)19-26-18(16-8-2-3-11-28(16)19)20(29)25-13-14-6-4-7-15(12-14)21(22,23)24/h2-4,6-8,11-12,17H,5,9-10,13H2,1H3,(H,25,29)/t17-/m1/s1. The lowest BCUT2D eigenvalue weighted by atomic mass is 10.1. The normalized spacial score (nSPS) is 17.7. The molecule has 29 heavy (non-hydrogen) atoms. The van der Waals surface area contributed by atoms with Crippen LogP contribution in [0.25, 0.3) is 5.52 Å². The van der Waals surface area contributed by atoms with Crippen LogP contribution in [0.15, 0.2) is 48.7 Å². The van der Waals surface area contributed by atoms with Gasteiger partial charge in [-0.15, -0.1) is 0 Å². The molecule has 1 N–H and O–H groups in total. The first-order valence-electron chi connectivity index (χ1n) is 9.46. The SMILES string of the molecule is CN1CCC[C@@H]1c1nc(C(=O)NCc2cccc(C(F)(F)F)c2)c2ccccn12. The van der Waals surface area contributed by atoms with Crippen molar-refractivity contribution in [2.75, 3.05) is 13.6 Å². The fraction of sp³-hybridized carbons (Fsp3) is 0.333. The molecule has 8 heteroatoms. The molecule has 1 aliphatic heterocycles. The number of alkyl halides is 3. The summed E-state index contributed by atoms with van der Waals surface area (Å²) in [5, 5.41) is 2.71. The third-order valence-electron chi connectivity index (χ3n) is 5.32. The molecular weight excluding hydrogens is 381 g/mol. The fourth-order valence-electron chi connectivity index (χ4n) is 3.82. The van der Waals surface area contributed by atoms with E-state index in [9.17, 15) is 18.0 Å². The lowest BCUT2D eigenvalue weighted by Crippen LogP contribution is -2.24. The minimum atomic E-state index is -4.41. The van der Waals surface area contributed by atoms with Crippen LogP contribution in [-0.4, -0.2) is 33.8 Å². The third kappa shape index (κ3) is 3.85. The molecule has 3 heterocycles. The zero-order valence-electron chi connectivity index (χ0n) is 15.9. The quantitative estimate of drug-likeness (QED) is 0.716. The number of hydrogen-bond acceptors (Lipinski definition) is 3. The van der Waals surface area contributed by atoms with Crippen molar-refractivity contribution in [1.82, 2.24) is 19.6 Å². The predicted octanol–water partition coefficient (Wildman–Crippen LogP) is 4.05. The number of halogens is 3. The number of nitrogens with one attached hydrogen (secondary N) is 1. The van der Waals surface area contributed by atoms with Crippen LogP contribution >= 0.6 is 0 Å². The molecular formula is C21H21F3N4O. The van der Waals surface area contributed by atoms with Gasteiger partial charge in [0.1, 0.15) is 5.82 Å². The number of fused-ring (bicyclic) bond motifs is 1. The van der Waals surface area contributed by atoms with Crippen LogP contribution < -0.4 is 5.32 Å². The topological polar surface area (TPSA) is 49.6 Å². The molecule has 2 aromatic heterocycles. The second kappa shape index (κ2) is 7.51. The summed E-state index contributed by atoms with van der Waals surface area (Å²) >= 11 is 0. The second-order valence-corrected chi connectivity index (χ2v) is 7.29. The summed E-state index contributed by atoms with van der Waals surface area (Å²) < 4.78 is 40.6. The van der Waals surface area contributed by atoms with Crippen molar-refractivity contribution in [3.63, 3.8) is 0 Å². The van der Waals surface area contributed by atoms with Gasteiger partial charge in [0.05, 0.1) is 17.1 Å². The van der Waals surface area contributed by atoms with Crippen LogP contribution in [0.3, 0.4) is 0 Å². The Kier molecular flexibility index (Phi) is 5.04. The van der Waals surface area contributed by atoms with Crippen molar-refractivity contribution in [2.24, 2.45) is 0 Å². The van der Waals surface area contributed by atoms with E-state index in [2.05, 4.69) is 15.2 Å². The number of hydrogen-bond donors (Lipinski definition) is 1. The zero-order chi connectivity index (χ0) is 20.6. The van der Waals surface area contributed by atoms with Gasteiger partial charge in [0.2, 0.25) is 0 Å². The number of carbonyl (C=O) groups is 1. The van der Waals surface area contributed by atoms with Gasteiger partial charge in [0.15, 0.2) is 5.69 Å². The van der Waals surface area contributed by atoms with Crippen molar-refractivity contribution in [3.8, 4) is 0 Å². The summed E-state index contributed by atoms with van der Waals surface area (Å²) in [5.74, 6) is 0.405. The Morgan fingerprint density at radius 1 is 1.24 bits per heavy atom. The Hall–Kier alpha value is -2.87. The molecule has 152 valence electrons. The van der Waals surface area contributed by atoms with Gasteiger partial charge in [-0.1, -0.05) is 18.2 Å². The van der Waals surface area contributed by atoms with Gasteiger partial charge in [-0.3, -0.25) is 9.69 Å². The number of carbonyl (C=O) groups excluding carboxylic acids is 1. The molecule has 1 amide bonds. The minimum absolute atomic E-state index is 0.00668. The van der Waals surface area contributed by atoms with Crippen molar-refractivity contribution in [3.05, 3.63) is 71.3 Å². The van der Waals surface area contributed by atoms with Crippen LogP contribution in [0.2, 0.25) is 0 Å². The summed E-state index contributed by atoms with van der Waals surface area (Å²) in [7, 11) is 2.04. The highest BCUT2D eigenvalue weighted by Crippen LogP contribution is 2.31. The van der Waals surface area contributed by atoms with Crippen molar-refractivity contribution < 1.29 is 18.0 Å². The maximum absolute atomic E-state index is 12.9. The average molecular weight is 402 g/mol. The molecule has 0 spiro atoms. The third-order valence-corrected chi connectivity index (χ3v) is 5.32. The summed E-state index contributed by atoms with van der Waals surface area (Å²) in [4.78, 5) is 19.6. The molecule has 0 unspecified atom stereocenters. The molecule has 1 atom stereocenters. The van der Waals surface area contributed by atoms with Crippen LogP contribution in [0, 0.1) is 0 Å². The van der Waals surface area contributed by atoms with Gasteiger partial charge >= 0.3 is 6.18 Å². The number of nitrogens with zero attached hydrogens (tertiary/aromatic N) is 3. The average Bonchev–Trinajstić information content (AvgIpc) is 3.29. The van der Waals surface area contributed by atoms with E-state index in [1.807, 2.05) is 35.8 Å². The largest absolute Gasteiger partial charge is 0.416 e.